The maximum atomic E-state index is 11.7. The Balaban J connectivity index is 1.67. The van der Waals surface area contributed by atoms with Gasteiger partial charge in [0.05, 0.1) is 11.9 Å². The fourth-order valence-electron chi connectivity index (χ4n) is 2.22. The molecule has 0 spiro atoms. The summed E-state index contributed by atoms with van der Waals surface area (Å²) in [6.07, 6.45) is 4.68. The predicted octanol–water partition coefficient (Wildman–Crippen LogP) is 3.74. The van der Waals surface area contributed by atoms with Crippen LogP contribution >= 0.6 is 0 Å². The minimum absolute atomic E-state index is 0.105. The van der Waals surface area contributed by atoms with Crippen LogP contribution in [-0.4, -0.2) is 10.9 Å². The summed E-state index contributed by atoms with van der Waals surface area (Å²) in [5.74, 6) is 1.09. The summed E-state index contributed by atoms with van der Waals surface area (Å²) in [5.41, 5.74) is 3.08. The van der Waals surface area contributed by atoms with Gasteiger partial charge in [-0.1, -0.05) is 25.1 Å². The van der Waals surface area contributed by atoms with Crippen LogP contribution in [0.4, 0.5) is 17.2 Å². The molecule has 1 aliphatic carbocycles. The Morgan fingerprint density at radius 1 is 1.24 bits per heavy atom. The molecule has 1 saturated carbocycles. The van der Waals surface area contributed by atoms with Crippen molar-refractivity contribution in [2.24, 2.45) is 5.92 Å². The zero-order valence-electron chi connectivity index (χ0n) is 12.1. The maximum Gasteiger partial charge on any atom is 0.227 e. The van der Waals surface area contributed by atoms with Crippen LogP contribution in [0.2, 0.25) is 0 Å². The highest BCUT2D eigenvalue weighted by Crippen LogP contribution is 2.30. The van der Waals surface area contributed by atoms with Gasteiger partial charge in [0.1, 0.15) is 5.82 Å². The lowest BCUT2D eigenvalue weighted by atomic mass is 10.1. The number of nitrogens with zero attached hydrogens (tertiary/aromatic N) is 1. The van der Waals surface area contributed by atoms with Crippen molar-refractivity contribution in [2.45, 2.75) is 26.2 Å². The largest absolute Gasteiger partial charge is 0.340 e. The van der Waals surface area contributed by atoms with Gasteiger partial charge in [-0.2, -0.15) is 0 Å². The van der Waals surface area contributed by atoms with Crippen LogP contribution in [0.25, 0.3) is 0 Å². The average Bonchev–Trinajstić information content (AvgIpc) is 3.34. The second-order valence-electron chi connectivity index (χ2n) is 5.33. The molecule has 1 aromatic heterocycles. The third-order valence-electron chi connectivity index (χ3n) is 3.64. The number of nitrogens with one attached hydrogen (secondary N) is 2. The summed E-state index contributed by atoms with van der Waals surface area (Å²) >= 11 is 0. The fraction of sp³-hybridized carbons (Fsp3) is 0.294. The van der Waals surface area contributed by atoms with E-state index in [1.807, 2.05) is 30.3 Å². The van der Waals surface area contributed by atoms with Crippen LogP contribution in [-0.2, 0) is 11.2 Å². The van der Waals surface area contributed by atoms with Gasteiger partial charge in [0.15, 0.2) is 0 Å². The summed E-state index contributed by atoms with van der Waals surface area (Å²) in [6.45, 7) is 2.13. The molecule has 108 valence electrons. The van der Waals surface area contributed by atoms with Crippen molar-refractivity contribution in [3.05, 3.63) is 48.2 Å². The van der Waals surface area contributed by atoms with E-state index in [2.05, 4.69) is 28.6 Å². The molecule has 4 heteroatoms. The first-order chi connectivity index (χ1) is 10.3. The number of aryl methyl sites for hydroxylation is 1. The van der Waals surface area contributed by atoms with Crippen molar-refractivity contribution in [1.82, 2.24) is 4.98 Å². The van der Waals surface area contributed by atoms with Gasteiger partial charge in [0, 0.05) is 11.6 Å². The van der Waals surface area contributed by atoms with Gasteiger partial charge in [-0.25, -0.2) is 4.98 Å². The van der Waals surface area contributed by atoms with E-state index in [0.29, 0.717) is 0 Å². The molecule has 1 amide bonds. The summed E-state index contributed by atoms with van der Waals surface area (Å²) in [4.78, 5) is 16.0. The van der Waals surface area contributed by atoms with E-state index in [1.165, 1.54) is 5.56 Å². The summed E-state index contributed by atoms with van der Waals surface area (Å²) in [5, 5.41) is 6.20. The molecule has 1 fully saturated rings. The van der Waals surface area contributed by atoms with Crippen molar-refractivity contribution in [3.8, 4) is 0 Å². The first-order valence-electron chi connectivity index (χ1n) is 7.38. The molecular formula is C17H19N3O. The number of hydrogen-bond acceptors (Lipinski definition) is 3. The fourth-order valence-corrected chi connectivity index (χ4v) is 2.22. The first kappa shape index (κ1) is 13.6. The first-order valence-corrected chi connectivity index (χ1v) is 7.38. The topological polar surface area (TPSA) is 54.0 Å². The number of carbonyl (C=O) groups excluding carboxylic acids is 1. The standard InChI is InChI=1S/C17H19N3O/c1-2-12-5-3-4-6-15(12)20-16-10-9-14(11-18-16)19-17(21)13-7-8-13/h3-6,9-11,13H,2,7-8H2,1H3,(H,18,20)(H,19,21). The van der Waals surface area contributed by atoms with Crippen molar-refractivity contribution in [1.29, 1.82) is 0 Å². The predicted molar refractivity (Wildman–Crippen MR) is 84.7 cm³/mol. The number of anilines is 3. The van der Waals surface area contributed by atoms with Crippen molar-refractivity contribution in [3.63, 3.8) is 0 Å². The summed E-state index contributed by atoms with van der Waals surface area (Å²) in [7, 11) is 0. The molecule has 0 atom stereocenters. The van der Waals surface area contributed by atoms with Crippen LogP contribution < -0.4 is 10.6 Å². The smallest absolute Gasteiger partial charge is 0.227 e. The van der Waals surface area contributed by atoms with E-state index >= 15 is 0 Å². The molecule has 0 unspecified atom stereocenters. The number of hydrogen-bond donors (Lipinski definition) is 2. The van der Waals surface area contributed by atoms with E-state index in [1.54, 1.807) is 6.20 Å². The lowest BCUT2D eigenvalue weighted by Gasteiger charge is -2.10. The molecule has 3 rings (SSSR count). The van der Waals surface area contributed by atoms with Gasteiger partial charge in [-0.05, 0) is 43.0 Å². The van der Waals surface area contributed by atoms with Gasteiger partial charge in [0.25, 0.3) is 0 Å². The van der Waals surface area contributed by atoms with Crippen LogP contribution in [0.5, 0.6) is 0 Å². The lowest BCUT2D eigenvalue weighted by molar-refractivity contribution is -0.117. The normalized spacial score (nSPS) is 13.8. The van der Waals surface area contributed by atoms with E-state index in [-0.39, 0.29) is 11.8 Å². The molecule has 21 heavy (non-hydrogen) atoms. The Labute approximate surface area is 124 Å². The van der Waals surface area contributed by atoms with Gasteiger partial charge in [-0.15, -0.1) is 0 Å². The number of benzene rings is 1. The molecule has 4 nitrogen and oxygen atoms in total. The lowest BCUT2D eigenvalue weighted by Crippen LogP contribution is -2.13. The van der Waals surface area contributed by atoms with Crippen molar-refractivity contribution >= 4 is 23.1 Å². The van der Waals surface area contributed by atoms with Crippen LogP contribution in [0.3, 0.4) is 0 Å². The minimum Gasteiger partial charge on any atom is -0.340 e. The van der Waals surface area contributed by atoms with Gasteiger partial charge in [0.2, 0.25) is 5.91 Å². The molecular weight excluding hydrogens is 262 g/mol. The Morgan fingerprint density at radius 3 is 2.71 bits per heavy atom. The molecule has 2 aromatic rings. The van der Waals surface area contributed by atoms with E-state index < -0.39 is 0 Å². The second kappa shape index (κ2) is 5.95. The van der Waals surface area contributed by atoms with E-state index in [4.69, 9.17) is 0 Å². The van der Waals surface area contributed by atoms with E-state index in [0.717, 1.165) is 36.5 Å². The number of para-hydroxylation sites is 1. The zero-order valence-corrected chi connectivity index (χ0v) is 12.1. The van der Waals surface area contributed by atoms with Crippen molar-refractivity contribution in [2.75, 3.05) is 10.6 Å². The molecule has 0 saturated heterocycles. The van der Waals surface area contributed by atoms with Gasteiger partial charge < -0.3 is 10.6 Å². The third kappa shape index (κ3) is 3.40. The molecule has 0 bridgehead atoms. The molecule has 1 aromatic carbocycles. The number of amides is 1. The third-order valence-corrected chi connectivity index (χ3v) is 3.64. The Kier molecular flexibility index (Phi) is 3.86. The highest BCUT2D eigenvalue weighted by Gasteiger charge is 2.29. The number of carbonyl (C=O) groups is 1. The molecule has 0 radical (unpaired) electrons. The zero-order chi connectivity index (χ0) is 14.7. The quantitative estimate of drug-likeness (QED) is 0.878. The summed E-state index contributed by atoms with van der Waals surface area (Å²) in [6, 6.07) is 12.0. The maximum absolute atomic E-state index is 11.7. The van der Waals surface area contributed by atoms with Crippen LogP contribution in [0, 0.1) is 5.92 Å². The van der Waals surface area contributed by atoms with E-state index in [9.17, 15) is 4.79 Å². The SMILES string of the molecule is CCc1ccccc1Nc1ccc(NC(=O)C2CC2)cn1. The molecule has 1 aliphatic rings. The highest BCUT2D eigenvalue weighted by atomic mass is 16.2. The average molecular weight is 281 g/mol. The van der Waals surface area contributed by atoms with Crippen molar-refractivity contribution < 1.29 is 4.79 Å². The molecule has 0 aliphatic heterocycles. The number of rotatable bonds is 5. The summed E-state index contributed by atoms with van der Waals surface area (Å²) < 4.78 is 0. The molecule has 2 N–H and O–H groups in total. The number of pyridine rings is 1. The number of aromatic nitrogens is 1. The van der Waals surface area contributed by atoms with Gasteiger partial charge >= 0.3 is 0 Å². The Bertz CT molecular complexity index is 633. The van der Waals surface area contributed by atoms with Gasteiger partial charge in [-0.3, -0.25) is 4.79 Å². The molecule has 1 heterocycles. The van der Waals surface area contributed by atoms with Crippen LogP contribution in [0.15, 0.2) is 42.6 Å². The Morgan fingerprint density at radius 2 is 2.05 bits per heavy atom. The van der Waals surface area contributed by atoms with Crippen LogP contribution in [0.1, 0.15) is 25.3 Å². The minimum atomic E-state index is 0.105. The monoisotopic (exact) mass is 281 g/mol. The Hall–Kier alpha value is -2.36. The highest BCUT2D eigenvalue weighted by molar-refractivity contribution is 5.93. The second-order valence-corrected chi connectivity index (χ2v) is 5.33.